The lowest BCUT2D eigenvalue weighted by Crippen LogP contribution is -2.40. The molecule has 1 unspecified atom stereocenters. The SMILES string of the molecule is O=C(Nc1ccc(Br)cn1)C1CCCN(Cc2nnc(-c3ccccc3Cl)o2)C1. The van der Waals surface area contributed by atoms with E-state index < -0.39 is 0 Å². The maximum Gasteiger partial charge on any atom is 0.249 e. The van der Waals surface area contributed by atoms with Crippen LogP contribution in [0, 0.1) is 5.92 Å². The van der Waals surface area contributed by atoms with Crippen LogP contribution in [0.4, 0.5) is 5.82 Å². The summed E-state index contributed by atoms with van der Waals surface area (Å²) < 4.78 is 6.66. The summed E-state index contributed by atoms with van der Waals surface area (Å²) in [6, 6.07) is 11.0. The van der Waals surface area contributed by atoms with Crippen LogP contribution in [0.3, 0.4) is 0 Å². The van der Waals surface area contributed by atoms with Crippen LogP contribution in [0.15, 0.2) is 51.5 Å². The second-order valence-electron chi connectivity index (χ2n) is 6.91. The third-order valence-electron chi connectivity index (χ3n) is 4.78. The lowest BCUT2D eigenvalue weighted by molar-refractivity contribution is -0.121. The Kier molecular flexibility index (Phi) is 6.22. The summed E-state index contributed by atoms with van der Waals surface area (Å²) in [7, 11) is 0. The fourth-order valence-electron chi connectivity index (χ4n) is 3.34. The second-order valence-corrected chi connectivity index (χ2v) is 8.23. The van der Waals surface area contributed by atoms with Gasteiger partial charge in [0.15, 0.2) is 0 Å². The number of pyridine rings is 1. The standard InChI is InChI=1S/C20H19BrClN5O2/c21-14-7-8-17(23-10-14)24-19(28)13-4-3-9-27(11-13)12-18-25-26-20(29-18)15-5-1-2-6-16(15)22/h1-2,5-8,10,13H,3-4,9,11-12H2,(H,23,24,28). The van der Waals surface area contributed by atoms with E-state index in [2.05, 4.69) is 41.3 Å². The average Bonchev–Trinajstić information content (AvgIpc) is 3.18. The van der Waals surface area contributed by atoms with E-state index in [1.165, 1.54) is 0 Å². The van der Waals surface area contributed by atoms with Gasteiger partial charge < -0.3 is 9.73 Å². The Bertz CT molecular complexity index is 995. The number of hydrogen-bond donors (Lipinski definition) is 1. The van der Waals surface area contributed by atoms with Crippen LogP contribution < -0.4 is 5.32 Å². The van der Waals surface area contributed by atoms with Gasteiger partial charge in [0.25, 0.3) is 0 Å². The van der Waals surface area contributed by atoms with Crippen LogP contribution >= 0.6 is 27.5 Å². The number of nitrogens with one attached hydrogen (secondary N) is 1. The normalized spacial score (nSPS) is 17.2. The van der Waals surface area contributed by atoms with Crippen LogP contribution in [0.1, 0.15) is 18.7 Å². The van der Waals surface area contributed by atoms with E-state index in [-0.39, 0.29) is 11.8 Å². The number of amides is 1. The molecule has 3 heterocycles. The number of anilines is 1. The van der Waals surface area contributed by atoms with Crippen LogP contribution in [0.25, 0.3) is 11.5 Å². The molecule has 0 saturated carbocycles. The number of aromatic nitrogens is 3. The minimum absolute atomic E-state index is 0.0215. The van der Waals surface area contributed by atoms with Crippen LogP contribution in [0.5, 0.6) is 0 Å². The molecule has 0 radical (unpaired) electrons. The second kappa shape index (κ2) is 9.02. The van der Waals surface area contributed by atoms with Crippen molar-refractivity contribution in [3.8, 4) is 11.5 Å². The highest BCUT2D eigenvalue weighted by atomic mass is 79.9. The molecule has 1 fully saturated rings. The fraction of sp³-hybridized carbons (Fsp3) is 0.300. The minimum atomic E-state index is -0.111. The lowest BCUT2D eigenvalue weighted by Gasteiger charge is -2.30. The average molecular weight is 477 g/mol. The van der Waals surface area contributed by atoms with E-state index in [0.29, 0.717) is 41.3 Å². The van der Waals surface area contributed by atoms with Crippen molar-refractivity contribution in [1.82, 2.24) is 20.1 Å². The highest BCUT2D eigenvalue weighted by Gasteiger charge is 2.27. The van der Waals surface area contributed by atoms with Gasteiger partial charge in [-0.3, -0.25) is 9.69 Å². The Balaban J connectivity index is 1.37. The largest absolute Gasteiger partial charge is 0.419 e. The first-order chi connectivity index (χ1) is 14.1. The first-order valence-corrected chi connectivity index (χ1v) is 10.5. The molecule has 29 heavy (non-hydrogen) atoms. The van der Waals surface area contributed by atoms with Gasteiger partial charge >= 0.3 is 0 Å². The third-order valence-corrected chi connectivity index (χ3v) is 5.58. The van der Waals surface area contributed by atoms with Crippen LogP contribution in [0.2, 0.25) is 5.02 Å². The molecule has 150 valence electrons. The molecule has 2 aromatic heterocycles. The molecule has 0 spiro atoms. The van der Waals surface area contributed by atoms with E-state index in [9.17, 15) is 4.79 Å². The molecular weight excluding hydrogens is 458 g/mol. The molecule has 7 nitrogen and oxygen atoms in total. The Morgan fingerprint density at radius 3 is 2.93 bits per heavy atom. The number of rotatable bonds is 5. The Morgan fingerprint density at radius 1 is 1.28 bits per heavy atom. The topological polar surface area (TPSA) is 84.2 Å². The van der Waals surface area contributed by atoms with Gasteiger partial charge in [-0.15, -0.1) is 10.2 Å². The van der Waals surface area contributed by atoms with Crippen molar-refractivity contribution in [3.63, 3.8) is 0 Å². The van der Waals surface area contributed by atoms with E-state index in [1.807, 2.05) is 24.3 Å². The van der Waals surface area contributed by atoms with Gasteiger partial charge in [0, 0.05) is 17.2 Å². The maximum absolute atomic E-state index is 12.6. The van der Waals surface area contributed by atoms with Gasteiger partial charge in [0.2, 0.25) is 17.7 Å². The van der Waals surface area contributed by atoms with Gasteiger partial charge in [0.05, 0.1) is 23.0 Å². The number of nitrogens with zero attached hydrogens (tertiary/aromatic N) is 4. The Morgan fingerprint density at radius 2 is 2.14 bits per heavy atom. The number of carbonyl (C=O) groups is 1. The first-order valence-electron chi connectivity index (χ1n) is 9.30. The summed E-state index contributed by atoms with van der Waals surface area (Å²) in [5, 5.41) is 11.7. The molecule has 0 aliphatic carbocycles. The molecule has 3 aromatic rings. The summed E-state index contributed by atoms with van der Waals surface area (Å²) in [4.78, 5) is 19.0. The number of piperidine rings is 1. The summed E-state index contributed by atoms with van der Waals surface area (Å²) in [6.07, 6.45) is 3.43. The molecule has 9 heteroatoms. The summed E-state index contributed by atoms with van der Waals surface area (Å²) in [5.74, 6) is 1.33. The molecule has 1 N–H and O–H groups in total. The molecular formula is C20H19BrClN5O2. The molecule has 1 aliphatic rings. The quantitative estimate of drug-likeness (QED) is 0.588. The van der Waals surface area contributed by atoms with Gasteiger partial charge in [0.1, 0.15) is 5.82 Å². The van der Waals surface area contributed by atoms with Crippen molar-refractivity contribution >= 4 is 39.3 Å². The molecule has 4 rings (SSSR count). The molecule has 0 bridgehead atoms. The van der Waals surface area contributed by atoms with Gasteiger partial charge in [-0.2, -0.15) is 0 Å². The fourth-order valence-corrected chi connectivity index (χ4v) is 3.79. The monoisotopic (exact) mass is 475 g/mol. The third kappa shape index (κ3) is 5.01. The first kappa shape index (κ1) is 20.0. The molecule has 1 amide bonds. The number of carbonyl (C=O) groups excluding carboxylic acids is 1. The minimum Gasteiger partial charge on any atom is -0.419 e. The van der Waals surface area contributed by atoms with E-state index in [0.717, 1.165) is 23.9 Å². The highest BCUT2D eigenvalue weighted by molar-refractivity contribution is 9.10. The lowest BCUT2D eigenvalue weighted by atomic mass is 9.97. The van der Waals surface area contributed by atoms with E-state index in [1.54, 1.807) is 18.3 Å². The van der Waals surface area contributed by atoms with E-state index in [4.69, 9.17) is 16.0 Å². The van der Waals surface area contributed by atoms with Crippen molar-refractivity contribution in [1.29, 1.82) is 0 Å². The smallest absolute Gasteiger partial charge is 0.249 e. The highest BCUT2D eigenvalue weighted by Crippen LogP contribution is 2.27. The summed E-state index contributed by atoms with van der Waals surface area (Å²) in [6.45, 7) is 2.01. The van der Waals surface area contributed by atoms with Gasteiger partial charge in [-0.05, 0) is 59.6 Å². The number of benzene rings is 1. The van der Waals surface area contributed by atoms with Crippen molar-refractivity contribution in [2.24, 2.45) is 5.92 Å². The maximum atomic E-state index is 12.6. The van der Waals surface area contributed by atoms with E-state index >= 15 is 0 Å². The van der Waals surface area contributed by atoms with Crippen molar-refractivity contribution < 1.29 is 9.21 Å². The zero-order chi connectivity index (χ0) is 20.2. The predicted molar refractivity (Wildman–Crippen MR) is 113 cm³/mol. The number of likely N-dealkylation sites (tertiary alicyclic amines) is 1. The van der Waals surface area contributed by atoms with Crippen molar-refractivity contribution in [3.05, 3.63) is 58.0 Å². The Labute approximate surface area is 181 Å². The molecule has 1 aliphatic heterocycles. The number of hydrogen-bond acceptors (Lipinski definition) is 6. The summed E-state index contributed by atoms with van der Waals surface area (Å²) >= 11 is 9.54. The van der Waals surface area contributed by atoms with Gasteiger partial charge in [-0.1, -0.05) is 23.7 Å². The van der Waals surface area contributed by atoms with Crippen LogP contribution in [-0.4, -0.2) is 39.1 Å². The van der Waals surface area contributed by atoms with Crippen molar-refractivity contribution in [2.75, 3.05) is 18.4 Å². The van der Waals surface area contributed by atoms with Crippen LogP contribution in [-0.2, 0) is 11.3 Å². The molecule has 1 aromatic carbocycles. The number of halogens is 2. The zero-order valence-electron chi connectivity index (χ0n) is 15.5. The predicted octanol–water partition coefficient (Wildman–Crippen LogP) is 4.40. The van der Waals surface area contributed by atoms with Gasteiger partial charge in [-0.25, -0.2) is 4.98 Å². The zero-order valence-corrected chi connectivity index (χ0v) is 17.9. The summed E-state index contributed by atoms with van der Waals surface area (Å²) in [5.41, 5.74) is 0.714. The Hall–Kier alpha value is -2.29. The molecule has 1 saturated heterocycles. The molecule has 1 atom stereocenters. The van der Waals surface area contributed by atoms with Crippen molar-refractivity contribution in [2.45, 2.75) is 19.4 Å².